The van der Waals surface area contributed by atoms with E-state index in [0.29, 0.717) is 31.2 Å². The maximum absolute atomic E-state index is 12.6. The van der Waals surface area contributed by atoms with Gasteiger partial charge in [-0.05, 0) is 6.42 Å². The highest BCUT2D eigenvalue weighted by atomic mass is 19.4. The van der Waals surface area contributed by atoms with E-state index >= 15 is 0 Å². The largest absolute Gasteiger partial charge is 0.481 e. The lowest BCUT2D eigenvalue weighted by molar-refractivity contribution is -0.189. The van der Waals surface area contributed by atoms with Crippen LogP contribution in [-0.2, 0) is 19.1 Å². The van der Waals surface area contributed by atoms with Gasteiger partial charge in [-0.1, -0.05) is 0 Å². The Labute approximate surface area is 130 Å². The number of hydrogen-bond donors (Lipinski definition) is 1. The van der Waals surface area contributed by atoms with Crippen LogP contribution in [0.3, 0.4) is 0 Å². The van der Waals surface area contributed by atoms with E-state index in [2.05, 4.69) is 0 Å². The Morgan fingerprint density at radius 2 is 1.57 bits per heavy atom. The lowest BCUT2D eigenvalue weighted by Crippen LogP contribution is -2.54. The molecule has 0 spiro atoms. The normalized spacial score (nSPS) is 26.0. The van der Waals surface area contributed by atoms with Crippen molar-refractivity contribution in [3.8, 4) is 0 Å². The fraction of sp³-hybridized carbons (Fsp3) is 0.769. The molecule has 0 aromatic rings. The van der Waals surface area contributed by atoms with Crippen LogP contribution < -0.4 is 0 Å². The molecule has 1 N–H and O–H groups in total. The summed E-state index contributed by atoms with van der Waals surface area (Å²) in [6.45, 7) is 0.303. The summed E-state index contributed by atoms with van der Waals surface area (Å²) in [5.74, 6) is -5.99. The van der Waals surface area contributed by atoms with Crippen LogP contribution in [0.1, 0.15) is 6.42 Å². The van der Waals surface area contributed by atoms with E-state index in [1.54, 1.807) is 0 Å². The molecule has 2 fully saturated rings. The van der Waals surface area contributed by atoms with Gasteiger partial charge in [0.25, 0.3) is 0 Å². The Morgan fingerprint density at radius 1 is 1.00 bits per heavy atom. The van der Waals surface area contributed by atoms with Gasteiger partial charge in [-0.3, -0.25) is 14.4 Å². The molecule has 0 unspecified atom stereocenters. The maximum Gasteiger partial charge on any atom is 0.471 e. The van der Waals surface area contributed by atoms with Crippen LogP contribution >= 0.6 is 0 Å². The predicted molar refractivity (Wildman–Crippen MR) is 69.3 cm³/mol. The number of ether oxygens (including phenoxy) is 1. The molecule has 23 heavy (non-hydrogen) atoms. The van der Waals surface area contributed by atoms with Crippen molar-refractivity contribution in [1.82, 2.24) is 9.80 Å². The first kappa shape index (κ1) is 17.5. The van der Waals surface area contributed by atoms with Crippen LogP contribution in [0, 0.1) is 11.8 Å². The van der Waals surface area contributed by atoms with Crippen LogP contribution in [0.25, 0.3) is 0 Å². The van der Waals surface area contributed by atoms with Crippen LogP contribution in [0.2, 0.25) is 0 Å². The van der Waals surface area contributed by atoms with Crippen molar-refractivity contribution in [2.45, 2.75) is 12.6 Å². The highest BCUT2D eigenvalue weighted by Gasteiger charge is 2.47. The van der Waals surface area contributed by atoms with E-state index in [0.717, 1.165) is 0 Å². The number of halogens is 3. The van der Waals surface area contributed by atoms with Crippen LogP contribution in [-0.4, -0.2) is 78.3 Å². The van der Waals surface area contributed by atoms with Crippen molar-refractivity contribution >= 4 is 17.8 Å². The molecule has 0 radical (unpaired) electrons. The number of morpholine rings is 1. The Kier molecular flexibility index (Phi) is 5.12. The number of alkyl halides is 3. The summed E-state index contributed by atoms with van der Waals surface area (Å²) in [6.07, 6.45) is -5.17. The zero-order valence-electron chi connectivity index (χ0n) is 12.2. The number of piperidine rings is 1. The molecule has 2 aliphatic heterocycles. The van der Waals surface area contributed by atoms with Gasteiger partial charge < -0.3 is 19.6 Å². The molecule has 2 rings (SSSR count). The first-order valence-electron chi connectivity index (χ1n) is 7.15. The Bertz CT molecular complexity index is 490. The second kappa shape index (κ2) is 6.73. The molecule has 2 aliphatic rings. The topological polar surface area (TPSA) is 87.2 Å². The molecule has 2 atom stereocenters. The van der Waals surface area contributed by atoms with Gasteiger partial charge in [0.15, 0.2) is 0 Å². The Hall–Kier alpha value is -1.84. The SMILES string of the molecule is O=C(O)[C@H]1C[C@@H](C(=O)N2CCOCC2)CN(C(=O)C(F)(F)F)C1. The van der Waals surface area contributed by atoms with Gasteiger partial charge in [0.2, 0.25) is 5.91 Å². The van der Waals surface area contributed by atoms with Gasteiger partial charge in [0.05, 0.1) is 25.0 Å². The number of carbonyl (C=O) groups is 3. The predicted octanol–water partition coefficient (Wildman–Crippen LogP) is -0.0432. The van der Waals surface area contributed by atoms with E-state index in [1.807, 2.05) is 0 Å². The van der Waals surface area contributed by atoms with Gasteiger partial charge in [-0.15, -0.1) is 0 Å². The summed E-state index contributed by atoms with van der Waals surface area (Å²) in [7, 11) is 0. The quantitative estimate of drug-likeness (QED) is 0.763. The average molecular weight is 338 g/mol. The molecule has 0 aliphatic carbocycles. The minimum Gasteiger partial charge on any atom is -0.481 e. The van der Waals surface area contributed by atoms with Gasteiger partial charge in [0, 0.05) is 26.2 Å². The number of carboxylic acid groups (broad SMARTS) is 1. The first-order valence-corrected chi connectivity index (χ1v) is 7.15. The summed E-state index contributed by atoms with van der Waals surface area (Å²) >= 11 is 0. The summed E-state index contributed by atoms with van der Waals surface area (Å²) in [5.41, 5.74) is 0. The number of aliphatic carboxylic acids is 1. The van der Waals surface area contributed by atoms with E-state index in [9.17, 15) is 27.6 Å². The van der Waals surface area contributed by atoms with Crippen molar-refractivity contribution in [3.05, 3.63) is 0 Å². The van der Waals surface area contributed by atoms with Crippen molar-refractivity contribution < 1.29 is 37.4 Å². The Balaban J connectivity index is 2.13. The maximum atomic E-state index is 12.6. The highest BCUT2D eigenvalue weighted by molar-refractivity contribution is 5.85. The third-order valence-corrected chi connectivity index (χ3v) is 4.00. The van der Waals surface area contributed by atoms with Crippen molar-refractivity contribution in [2.75, 3.05) is 39.4 Å². The molecule has 2 heterocycles. The van der Waals surface area contributed by atoms with Gasteiger partial charge >= 0.3 is 18.1 Å². The molecule has 0 aromatic heterocycles. The van der Waals surface area contributed by atoms with E-state index in [1.165, 1.54) is 4.90 Å². The second-order valence-electron chi connectivity index (χ2n) is 5.61. The van der Waals surface area contributed by atoms with Crippen LogP contribution in [0.4, 0.5) is 13.2 Å². The average Bonchev–Trinajstić information content (AvgIpc) is 2.52. The fourth-order valence-corrected chi connectivity index (χ4v) is 2.84. The van der Waals surface area contributed by atoms with Crippen molar-refractivity contribution in [1.29, 1.82) is 0 Å². The van der Waals surface area contributed by atoms with Gasteiger partial charge in [0.1, 0.15) is 0 Å². The molecule has 7 nitrogen and oxygen atoms in total. The lowest BCUT2D eigenvalue weighted by Gasteiger charge is -2.38. The number of rotatable bonds is 2. The molecule has 2 amide bonds. The van der Waals surface area contributed by atoms with E-state index in [-0.39, 0.29) is 6.42 Å². The third-order valence-electron chi connectivity index (χ3n) is 4.00. The first-order chi connectivity index (χ1) is 10.7. The monoisotopic (exact) mass is 338 g/mol. The number of likely N-dealkylation sites (tertiary alicyclic amines) is 1. The molecular formula is C13H17F3N2O5. The summed E-state index contributed by atoms with van der Waals surface area (Å²) < 4.78 is 42.9. The zero-order valence-corrected chi connectivity index (χ0v) is 12.2. The van der Waals surface area contributed by atoms with Crippen molar-refractivity contribution in [3.63, 3.8) is 0 Å². The zero-order chi connectivity index (χ0) is 17.2. The van der Waals surface area contributed by atoms with E-state index < -0.39 is 48.9 Å². The minimum absolute atomic E-state index is 0.0762. The molecular weight excluding hydrogens is 321 g/mol. The number of hydrogen-bond acceptors (Lipinski definition) is 4. The number of amides is 2. The Morgan fingerprint density at radius 3 is 2.09 bits per heavy atom. The molecule has 130 valence electrons. The van der Waals surface area contributed by atoms with Crippen molar-refractivity contribution in [2.24, 2.45) is 11.8 Å². The third kappa shape index (κ3) is 4.12. The second-order valence-corrected chi connectivity index (χ2v) is 5.61. The smallest absolute Gasteiger partial charge is 0.471 e. The summed E-state index contributed by atoms with van der Waals surface area (Å²) in [5, 5.41) is 9.09. The molecule has 0 bridgehead atoms. The standard InChI is InChI=1S/C13H17F3N2O5/c14-13(15,16)12(22)18-6-8(5-9(7-18)11(20)21)10(19)17-1-3-23-4-2-17/h8-9H,1-7H2,(H,20,21)/t8-,9+/m1/s1. The summed E-state index contributed by atoms with van der Waals surface area (Å²) in [4.78, 5) is 36.8. The fourth-order valence-electron chi connectivity index (χ4n) is 2.84. The minimum atomic E-state index is -5.09. The summed E-state index contributed by atoms with van der Waals surface area (Å²) in [6, 6.07) is 0. The number of carbonyl (C=O) groups excluding carboxylic acids is 2. The van der Waals surface area contributed by atoms with Gasteiger partial charge in [-0.25, -0.2) is 0 Å². The van der Waals surface area contributed by atoms with E-state index in [4.69, 9.17) is 9.84 Å². The molecule has 10 heteroatoms. The van der Waals surface area contributed by atoms with Crippen LogP contribution in [0.15, 0.2) is 0 Å². The van der Waals surface area contributed by atoms with Gasteiger partial charge in [-0.2, -0.15) is 13.2 Å². The molecule has 0 saturated carbocycles. The van der Waals surface area contributed by atoms with Crippen LogP contribution in [0.5, 0.6) is 0 Å². The molecule has 0 aromatic carbocycles. The highest BCUT2D eigenvalue weighted by Crippen LogP contribution is 2.28. The lowest BCUT2D eigenvalue weighted by atomic mass is 9.88. The molecule has 2 saturated heterocycles. The number of nitrogens with zero attached hydrogens (tertiary/aromatic N) is 2. The number of carboxylic acids is 1.